The zero-order chi connectivity index (χ0) is 16.6. The van der Waals surface area contributed by atoms with Crippen molar-refractivity contribution in [3.63, 3.8) is 0 Å². The smallest absolute Gasteiger partial charge is 0.278 e. The number of rotatable bonds is 3. The lowest BCUT2D eigenvalue weighted by Gasteiger charge is -2.12. The number of thiazole rings is 1. The summed E-state index contributed by atoms with van der Waals surface area (Å²) in [5.74, 6) is -0.439. The van der Waals surface area contributed by atoms with Crippen LogP contribution in [0.3, 0.4) is 0 Å². The van der Waals surface area contributed by atoms with Crippen molar-refractivity contribution in [1.82, 2.24) is 25.4 Å². The number of amides is 2. The Morgan fingerprint density at radius 1 is 1.35 bits per heavy atom. The van der Waals surface area contributed by atoms with Crippen LogP contribution in [0.2, 0.25) is 0 Å². The summed E-state index contributed by atoms with van der Waals surface area (Å²) >= 11 is 1.17. The molecule has 3 heterocycles. The molecule has 0 aromatic carbocycles. The SMILES string of the molecule is Cc1nc(NC(=O)c2n[nH]c3c2CNCC3)sc1C(=O)N(C)C. The van der Waals surface area contributed by atoms with Gasteiger partial charge in [-0.2, -0.15) is 5.10 Å². The summed E-state index contributed by atoms with van der Waals surface area (Å²) in [7, 11) is 3.37. The number of carbonyl (C=O) groups is 2. The molecule has 0 saturated carbocycles. The molecule has 9 heteroatoms. The minimum absolute atomic E-state index is 0.123. The van der Waals surface area contributed by atoms with Gasteiger partial charge < -0.3 is 10.2 Å². The van der Waals surface area contributed by atoms with Gasteiger partial charge in [-0.05, 0) is 6.92 Å². The number of aromatic amines is 1. The number of carbonyl (C=O) groups excluding carboxylic acids is 2. The van der Waals surface area contributed by atoms with Crippen LogP contribution in [0.4, 0.5) is 5.13 Å². The number of anilines is 1. The standard InChI is InChI=1S/C14H18N6O2S/c1-7-11(13(22)20(2)3)23-14(16-7)17-12(21)10-8-6-15-5-4-9(8)18-19-10/h15H,4-6H2,1-3H3,(H,18,19)(H,16,17,21). The van der Waals surface area contributed by atoms with Crippen LogP contribution in [-0.4, -0.2) is 52.5 Å². The second kappa shape index (κ2) is 6.09. The second-order valence-corrected chi connectivity index (χ2v) is 6.54. The predicted octanol–water partition coefficient (Wildman–Crippen LogP) is 0.774. The van der Waals surface area contributed by atoms with Gasteiger partial charge in [-0.25, -0.2) is 4.98 Å². The Labute approximate surface area is 137 Å². The van der Waals surface area contributed by atoms with E-state index >= 15 is 0 Å². The second-order valence-electron chi connectivity index (χ2n) is 5.54. The molecule has 3 N–H and O–H groups in total. The Morgan fingerprint density at radius 3 is 2.87 bits per heavy atom. The van der Waals surface area contributed by atoms with Gasteiger partial charge >= 0.3 is 0 Å². The number of H-pyrrole nitrogens is 1. The van der Waals surface area contributed by atoms with E-state index in [4.69, 9.17) is 0 Å². The first kappa shape index (κ1) is 15.6. The normalized spacial score (nSPS) is 13.5. The Morgan fingerprint density at radius 2 is 2.13 bits per heavy atom. The number of nitrogens with one attached hydrogen (secondary N) is 3. The average molecular weight is 334 g/mol. The van der Waals surface area contributed by atoms with Crippen LogP contribution in [0.5, 0.6) is 0 Å². The third kappa shape index (κ3) is 2.97. The van der Waals surface area contributed by atoms with E-state index < -0.39 is 0 Å². The van der Waals surface area contributed by atoms with E-state index in [0.29, 0.717) is 27.9 Å². The first-order chi connectivity index (χ1) is 11.0. The molecule has 0 radical (unpaired) electrons. The maximum Gasteiger partial charge on any atom is 0.278 e. The maximum atomic E-state index is 12.4. The lowest BCUT2D eigenvalue weighted by molar-refractivity contribution is 0.0831. The van der Waals surface area contributed by atoms with Crippen molar-refractivity contribution in [3.05, 3.63) is 27.5 Å². The molecule has 1 aliphatic rings. The fourth-order valence-corrected chi connectivity index (χ4v) is 3.40. The number of aryl methyl sites for hydroxylation is 1. The van der Waals surface area contributed by atoms with Crippen LogP contribution in [-0.2, 0) is 13.0 Å². The quantitative estimate of drug-likeness (QED) is 0.769. The molecule has 2 aromatic heterocycles. The highest BCUT2D eigenvalue weighted by atomic mass is 32.1. The molecule has 0 saturated heterocycles. The van der Waals surface area contributed by atoms with Gasteiger partial charge in [-0.1, -0.05) is 11.3 Å². The molecule has 23 heavy (non-hydrogen) atoms. The van der Waals surface area contributed by atoms with Crippen LogP contribution in [0.1, 0.15) is 37.1 Å². The summed E-state index contributed by atoms with van der Waals surface area (Å²) < 4.78 is 0. The molecule has 0 spiro atoms. The van der Waals surface area contributed by atoms with Crippen LogP contribution in [0, 0.1) is 6.92 Å². The third-order valence-corrected chi connectivity index (χ3v) is 4.70. The fourth-order valence-electron chi connectivity index (χ4n) is 2.42. The minimum atomic E-state index is -0.316. The Balaban J connectivity index is 1.80. The van der Waals surface area contributed by atoms with Gasteiger partial charge in [0, 0.05) is 44.9 Å². The van der Waals surface area contributed by atoms with Gasteiger partial charge in [0.15, 0.2) is 10.8 Å². The number of nitrogens with zero attached hydrogens (tertiary/aromatic N) is 3. The van der Waals surface area contributed by atoms with Crippen molar-refractivity contribution >= 4 is 28.3 Å². The molecule has 3 rings (SSSR count). The number of hydrogen-bond acceptors (Lipinski definition) is 6. The molecule has 0 unspecified atom stereocenters. The van der Waals surface area contributed by atoms with E-state index in [1.807, 2.05) is 0 Å². The van der Waals surface area contributed by atoms with Gasteiger partial charge in [0.05, 0.1) is 5.69 Å². The first-order valence-electron chi connectivity index (χ1n) is 7.24. The van der Waals surface area contributed by atoms with Crippen LogP contribution >= 0.6 is 11.3 Å². The summed E-state index contributed by atoms with van der Waals surface area (Å²) in [6.07, 6.45) is 0.827. The van der Waals surface area contributed by atoms with Crippen molar-refractivity contribution in [2.24, 2.45) is 0 Å². The van der Waals surface area contributed by atoms with Crippen molar-refractivity contribution in [2.75, 3.05) is 26.0 Å². The molecule has 8 nitrogen and oxygen atoms in total. The highest BCUT2D eigenvalue weighted by Gasteiger charge is 2.23. The lowest BCUT2D eigenvalue weighted by Crippen LogP contribution is -2.25. The summed E-state index contributed by atoms with van der Waals surface area (Å²) in [5, 5.41) is 13.4. The molecular weight excluding hydrogens is 316 g/mol. The van der Waals surface area contributed by atoms with Crippen LogP contribution in [0.25, 0.3) is 0 Å². The van der Waals surface area contributed by atoms with Crippen LogP contribution in [0.15, 0.2) is 0 Å². The molecule has 1 aliphatic heterocycles. The van der Waals surface area contributed by atoms with Gasteiger partial charge in [-0.3, -0.25) is 20.0 Å². The van der Waals surface area contributed by atoms with Crippen LogP contribution < -0.4 is 10.6 Å². The van der Waals surface area contributed by atoms with E-state index in [-0.39, 0.29) is 11.8 Å². The molecule has 0 atom stereocenters. The van der Waals surface area contributed by atoms with E-state index in [9.17, 15) is 9.59 Å². The Hall–Kier alpha value is -2.26. The van der Waals surface area contributed by atoms with E-state index in [2.05, 4.69) is 25.8 Å². The van der Waals surface area contributed by atoms with E-state index in [1.54, 1.807) is 21.0 Å². The highest BCUT2D eigenvalue weighted by Crippen LogP contribution is 2.24. The van der Waals surface area contributed by atoms with Gasteiger partial charge in [0.1, 0.15) is 4.88 Å². The fraction of sp³-hybridized carbons (Fsp3) is 0.429. The number of aromatic nitrogens is 3. The third-order valence-electron chi connectivity index (χ3n) is 3.64. The van der Waals surface area contributed by atoms with Crippen molar-refractivity contribution in [3.8, 4) is 0 Å². The minimum Gasteiger partial charge on any atom is -0.344 e. The van der Waals surface area contributed by atoms with Crippen molar-refractivity contribution in [2.45, 2.75) is 19.9 Å². The number of fused-ring (bicyclic) bond motifs is 1. The molecule has 0 aliphatic carbocycles. The molecule has 0 fully saturated rings. The molecular formula is C14H18N6O2S. The zero-order valence-corrected chi connectivity index (χ0v) is 14.0. The van der Waals surface area contributed by atoms with Crippen molar-refractivity contribution in [1.29, 1.82) is 0 Å². The summed E-state index contributed by atoms with van der Waals surface area (Å²) in [6, 6.07) is 0. The van der Waals surface area contributed by atoms with Gasteiger partial charge in [0.2, 0.25) is 0 Å². The van der Waals surface area contributed by atoms with Crippen molar-refractivity contribution < 1.29 is 9.59 Å². The summed E-state index contributed by atoms with van der Waals surface area (Å²) in [5.41, 5.74) is 2.87. The Bertz CT molecular complexity index is 763. The van der Waals surface area contributed by atoms with E-state index in [0.717, 1.165) is 24.2 Å². The average Bonchev–Trinajstić information content (AvgIpc) is 3.10. The zero-order valence-electron chi connectivity index (χ0n) is 13.2. The van der Waals surface area contributed by atoms with E-state index in [1.165, 1.54) is 16.2 Å². The monoisotopic (exact) mass is 334 g/mol. The first-order valence-corrected chi connectivity index (χ1v) is 8.06. The summed E-state index contributed by atoms with van der Waals surface area (Å²) in [6.45, 7) is 3.25. The topological polar surface area (TPSA) is 103 Å². The van der Waals surface area contributed by atoms with Gasteiger partial charge in [-0.15, -0.1) is 0 Å². The lowest BCUT2D eigenvalue weighted by atomic mass is 10.1. The number of hydrogen-bond donors (Lipinski definition) is 3. The predicted molar refractivity (Wildman–Crippen MR) is 86.8 cm³/mol. The largest absolute Gasteiger partial charge is 0.344 e. The molecule has 2 amide bonds. The molecule has 0 bridgehead atoms. The van der Waals surface area contributed by atoms with Gasteiger partial charge in [0.25, 0.3) is 11.8 Å². The summed E-state index contributed by atoms with van der Waals surface area (Å²) in [4.78, 5) is 30.7. The molecule has 122 valence electrons. The molecule has 2 aromatic rings. The maximum absolute atomic E-state index is 12.4. The Kier molecular flexibility index (Phi) is 4.14. The highest BCUT2D eigenvalue weighted by molar-refractivity contribution is 7.17.